The van der Waals surface area contributed by atoms with Crippen LogP contribution in [0.15, 0.2) is 91.1 Å². The Balaban J connectivity index is 1.42. The Morgan fingerprint density at radius 2 is 1.71 bits per heavy atom. The van der Waals surface area contributed by atoms with Crippen molar-refractivity contribution in [1.29, 1.82) is 0 Å². The quantitative estimate of drug-likeness (QED) is 0.127. The molecule has 0 aliphatic carbocycles. The van der Waals surface area contributed by atoms with Crippen molar-refractivity contribution in [1.82, 2.24) is 14.3 Å². The summed E-state index contributed by atoms with van der Waals surface area (Å²) < 4.78 is 70.2. The lowest BCUT2D eigenvalue weighted by Gasteiger charge is -2.13. The van der Waals surface area contributed by atoms with E-state index in [1.807, 2.05) is 21.6 Å². The van der Waals surface area contributed by atoms with Crippen molar-refractivity contribution in [2.75, 3.05) is 11.3 Å². The molecule has 14 heteroatoms. The number of aryl methyl sites for hydroxylation is 1. The highest BCUT2D eigenvalue weighted by atomic mass is 35.5. The number of aromatic nitrogens is 2. The summed E-state index contributed by atoms with van der Waals surface area (Å²) in [6.07, 6.45) is 1.02. The third-order valence-electron chi connectivity index (χ3n) is 7.17. The van der Waals surface area contributed by atoms with Crippen molar-refractivity contribution in [3.63, 3.8) is 0 Å². The van der Waals surface area contributed by atoms with Crippen molar-refractivity contribution in [2.45, 2.75) is 19.6 Å². The zero-order valence-electron chi connectivity index (χ0n) is 25.1. The number of nitrogens with one attached hydrogen (secondary N) is 2. The molecule has 0 spiro atoms. The topological polar surface area (TPSA) is 113 Å². The molecule has 0 radical (unpaired) electrons. The molecule has 5 rings (SSSR count). The van der Waals surface area contributed by atoms with Gasteiger partial charge < -0.3 is 9.67 Å². The minimum absolute atomic E-state index is 0.282. The number of alkyl halides is 3. The van der Waals surface area contributed by atoms with E-state index in [0.717, 1.165) is 23.3 Å². The van der Waals surface area contributed by atoms with Gasteiger partial charge in [0.2, 0.25) is 0 Å². The van der Waals surface area contributed by atoms with Crippen LogP contribution in [0.1, 0.15) is 28.1 Å². The van der Waals surface area contributed by atoms with E-state index >= 15 is 0 Å². The first-order valence-corrected chi connectivity index (χ1v) is 16.5. The van der Waals surface area contributed by atoms with Gasteiger partial charge in [0.1, 0.15) is 12.4 Å². The summed E-state index contributed by atoms with van der Waals surface area (Å²) in [4.78, 5) is 15.6. The van der Waals surface area contributed by atoms with E-state index in [0.29, 0.717) is 50.4 Å². The van der Waals surface area contributed by atoms with E-state index in [2.05, 4.69) is 4.72 Å². The fourth-order valence-electron chi connectivity index (χ4n) is 4.82. The molecule has 0 aliphatic rings. The van der Waals surface area contributed by atoms with Gasteiger partial charge in [0.05, 0.1) is 22.0 Å². The highest BCUT2D eigenvalue weighted by Gasteiger charge is 2.30. The van der Waals surface area contributed by atoms with E-state index < -0.39 is 34.5 Å². The molecule has 0 saturated heterocycles. The third kappa shape index (κ3) is 8.84. The molecule has 3 N–H and O–H groups in total. The number of nitrogens with zero attached hydrogens (tertiary/aromatic N) is 2. The summed E-state index contributed by atoms with van der Waals surface area (Å²) in [7, 11) is -4.10. The second-order valence-electron chi connectivity index (χ2n) is 10.7. The van der Waals surface area contributed by atoms with E-state index in [1.54, 1.807) is 79.7 Å². The Kier molecular flexibility index (Phi) is 10.3. The predicted molar refractivity (Wildman–Crippen MR) is 182 cm³/mol. The SMILES string of the molecule is Cc1cc(Cn2cc(-c3ccc(Cl)cc3Cl)nc2/C=C/c2ccc(-c3cccc(C(F)(F)F)c3)cc2)ccc1NS(=O)(=O)NCC(=O)O. The molecule has 0 aliphatic heterocycles. The second-order valence-corrected chi connectivity index (χ2v) is 13.1. The summed E-state index contributed by atoms with van der Waals surface area (Å²) in [6, 6.07) is 22.4. The van der Waals surface area contributed by atoms with E-state index in [1.165, 1.54) is 6.07 Å². The number of carboxylic acid groups (broad SMARTS) is 1. The number of halogens is 5. The number of hydrogen-bond acceptors (Lipinski definition) is 4. The number of hydrogen-bond donors (Lipinski definition) is 3. The average molecular weight is 716 g/mol. The first-order valence-electron chi connectivity index (χ1n) is 14.2. The molecule has 4 aromatic carbocycles. The number of benzene rings is 4. The van der Waals surface area contributed by atoms with Crippen LogP contribution in [-0.2, 0) is 27.7 Å². The van der Waals surface area contributed by atoms with E-state index in [-0.39, 0.29) is 5.69 Å². The van der Waals surface area contributed by atoms with Crippen molar-refractivity contribution >= 4 is 57.2 Å². The number of carboxylic acids is 1. The summed E-state index contributed by atoms with van der Waals surface area (Å²) in [6.45, 7) is 1.30. The van der Waals surface area contributed by atoms with Crippen LogP contribution >= 0.6 is 23.2 Å². The lowest BCUT2D eigenvalue weighted by atomic mass is 10.0. The van der Waals surface area contributed by atoms with Gasteiger partial charge in [0, 0.05) is 23.3 Å². The number of rotatable bonds is 11. The Bertz CT molecular complexity index is 2120. The average Bonchev–Trinajstić information content (AvgIpc) is 3.42. The molecule has 0 bridgehead atoms. The third-order valence-corrected chi connectivity index (χ3v) is 8.74. The van der Waals surface area contributed by atoms with Gasteiger partial charge in [0.25, 0.3) is 10.2 Å². The van der Waals surface area contributed by atoms with Gasteiger partial charge in [-0.15, -0.1) is 0 Å². The maximum absolute atomic E-state index is 13.2. The minimum atomic E-state index is -4.44. The van der Waals surface area contributed by atoms with Gasteiger partial charge in [0.15, 0.2) is 0 Å². The zero-order chi connectivity index (χ0) is 34.6. The van der Waals surface area contributed by atoms with Gasteiger partial charge in [-0.3, -0.25) is 9.52 Å². The van der Waals surface area contributed by atoms with Gasteiger partial charge >= 0.3 is 12.1 Å². The largest absolute Gasteiger partial charge is 0.480 e. The standard InChI is InChI=1S/C34H27Cl2F3N4O4S/c1-21-15-23(7-13-30(21)42-48(46,47)40-18-33(44)45)19-43-20-31(28-12-11-27(35)17-29(28)36)41-32(43)14-8-22-5-9-24(10-6-22)25-3-2-4-26(16-25)34(37,38)39/h2-17,20,40,42H,18-19H2,1H3,(H,44,45)/b14-8+. The summed E-state index contributed by atoms with van der Waals surface area (Å²) in [5.74, 6) is -0.748. The summed E-state index contributed by atoms with van der Waals surface area (Å²) in [5, 5.41) is 9.66. The monoisotopic (exact) mass is 714 g/mol. The zero-order valence-corrected chi connectivity index (χ0v) is 27.4. The van der Waals surface area contributed by atoms with Crippen LogP contribution < -0.4 is 9.44 Å². The van der Waals surface area contributed by atoms with Crippen LogP contribution in [0, 0.1) is 6.92 Å². The maximum Gasteiger partial charge on any atom is 0.416 e. The number of carbonyl (C=O) groups is 1. The molecule has 8 nitrogen and oxygen atoms in total. The van der Waals surface area contributed by atoms with Crippen LogP contribution in [0.3, 0.4) is 0 Å². The van der Waals surface area contributed by atoms with Crippen molar-refractivity contribution in [3.8, 4) is 22.4 Å². The molecular weight excluding hydrogens is 688 g/mol. The number of aliphatic carboxylic acids is 1. The molecule has 0 atom stereocenters. The fraction of sp³-hybridized carbons (Fsp3) is 0.118. The number of imidazole rings is 1. The highest BCUT2D eigenvalue weighted by molar-refractivity contribution is 7.90. The smallest absolute Gasteiger partial charge is 0.416 e. The van der Waals surface area contributed by atoms with Crippen LogP contribution in [-0.4, -0.2) is 35.6 Å². The number of anilines is 1. The van der Waals surface area contributed by atoms with Crippen LogP contribution in [0.4, 0.5) is 18.9 Å². The molecule has 1 aromatic heterocycles. The molecule has 0 fully saturated rings. The fourth-order valence-corrected chi connectivity index (χ4v) is 6.23. The van der Waals surface area contributed by atoms with E-state index in [4.69, 9.17) is 33.3 Å². The lowest BCUT2D eigenvalue weighted by molar-refractivity contribution is -0.137. The Morgan fingerprint density at radius 3 is 2.38 bits per heavy atom. The first kappa shape index (κ1) is 34.7. The Morgan fingerprint density at radius 1 is 0.958 bits per heavy atom. The van der Waals surface area contributed by atoms with Gasteiger partial charge in [-0.1, -0.05) is 77.8 Å². The molecule has 0 saturated carbocycles. The van der Waals surface area contributed by atoms with Crippen molar-refractivity contribution in [3.05, 3.63) is 129 Å². The van der Waals surface area contributed by atoms with Crippen LogP contribution in [0.25, 0.3) is 34.5 Å². The summed E-state index contributed by atoms with van der Waals surface area (Å²) >= 11 is 12.6. The van der Waals surface area contributed by atoms with Gasteiger partial charge in [-0.2, -0.15) is 26.3 Å². The molecule has 248 valence electrons. The first-order chi connectivity index (χ1) is 22.7. The minimum Gasteiger partial charge on any atom is -0.480 e. The summed E-state index contributed by atoms with van der Waals surface area (Å²) in [5.41, 5.74) is 4.11. The normalized spacial score (nSPS) is 12.0. The van der Waals surface area contributed by atoms with Crippen molar-refractivity contribution in [2.24, 2.45) is 0 Å². The second kappa shape index (κ2) is 14.2. The molecule has 0 amide bonds. The lowest BCUT2D eigenvalue weighted by Crippen LogP contribution is -2.34. The van der Waals surface area contributed by atoms with Crippen molar-refractivity contribution < 1.29 is 31.5 Å². The highest BCUT2D eigenvalue weighted by Crippen LogP contribution is 2.33. The van der Waals surface area contributed by atoms with E-state index in [9.17, 15) is 26.4 Å². The van der Waals surface area contributed by atoms with Crippen LogP contribution in [0.5, 0.6) is 0 Å². The predicted octanol–water partition coefficient (Wildman–Crippen LogP) is 8.40. The Labute approximate surface area is 284 Å². The molecular formula is C34H27Cl2F3N4O4S. The molecule has 48 heavy (non-hydrogen) atoms. The molecule has 5 aromatic rings. The van der Waals surface area contributed by atoms with Gasteiger partial charge in [-0.25, -0.2) is 4.98 Å². The Hall–Kier alpha value is -4.62. The molecule has 1 heterocycles. The van der Waals surface area contributed by atoms with Crippen LogP contribution in [0.2, 0.25) is 10.0 Å². The molecule has 0 unspecified atom stereocenters. The van der Waals surface area contributed by atoms with Gasteiger partial charge in [-0.05, 0) is 77.2 Å². The maximum atomic E-state index is 13.2.